The number of carbonyl (C=O) groups excluding carboxylic acids is 1. The largest absolute Gasteiger partial charge is 0.477 e. The number of hydrogen-bond acceptors (Lipinski definition) is 6. The van der Waals surface area contributed by atoms with Crippen LogP contribution in [0.15, 0.2) is 53.4 Å². The maximum atomic E-state index is 12.5. The normalized spacial score (nSPS) is 22.4. The van der Waals surface area contributed by atoms with E-state index >= 15 is 0 Å². The van der Waals surface area contributed by atoms with E-state index in [1.54, 1.807) is 24.3 Å². The molecule has 3 heterocycles. The van der Waals surface area contributed by atoms with E-state index in [2.05, 4.69) is 4.98 Å². The minimum Gasteiger partial charge on any atom is -0.477 e. The molecule has 1 amide bonds. The second-order valence-electron chi connectivity index (χ2n) is 5.33. The molecular formula is C16H11N3NaO5S. The van der Waals surface area contributed by atoms with Gasteiger partial charge in [0.25, 0.3) is 5.91 Å². The average Bonchev–Trinajstić information content (AvgIpc) is 2.57. The van der Waals surface area contributed by atoms with E-state index < -0.39 is 38.5 Å². The first-order valence-electron chi connectivity index (χ1n) is 7.07. The molecule has 0 bridgehead atoms. The number of aromatic nitrogens is 1. The Morgan fingerprint density at radius 1 is 1.42 bits per heavy atom. The van der Waals surface area contributed by atoms with E-state index in [0.29, 0.717) is 5.69 Å². The van der Waals surface area contributed by atoms with Gasteiger partial charge < -0.3 is 5.11 Å². The number of carboxylic acids is 1. The van der Waals surface area contributed by atoms with Gasteiger partial charge in [-0.3, -0.25) is 14.7 Å². The number of nitrogens with zero attached hydrogens (tertiary/aromatic N) is 3. The summed E-state index contributed by atoms with van der Waals surface area (Å²) in [5.41, 5.74) is -0.150. The smallest absolute Gasteiger partial charge is 0.352 e. The predicted molar refractivity (Wildman–Crippen MR) is 91.8 cm³/mol. The van der Waals surface area contributed by atoms with Gasteiger partial charge in [-0.1, -0.05) is 6.07 Å². The van der Waals surface area contributed by atoms with Crippen LogP contribution >= 0.6 is 0 Å². The molecule has 1 saturated heterocycles. The summed E-state index contributed by atoms with van der Waals surface area (Å²) in [7, 11) is -3.84. The van der Waals surface area contributed by atoms with Crippen molar-refractivity contribution in [1.82, 2.24) is 9.88 Å². The third-order valence-electron chi connectivity index (χ3n) is 3.76. The molecular weight excluding hydrogens is 369 g/mol. The van der Waals surface area contributed by atoms with Gasteiger partial charge in [0.15, 0.2) is 15.2 Å². The van der Waals surface area contributed by atoms with Gasteiger partial charge in [0.1, 0.15) is 5.70 Å². The Hall–Kier alpha value is -2.25. The van der Waals surface area contributed by atoms with Gasteiger partial charge in [-0.2, -0.15) is 5.26 Å². The van der Waals surface area contributed by atoms with Crippen molar-refractivity contribution >= 4 is 57.3 Å². The van der Waals surface area contributed by atoms with Crippen LogP contribution in [-0.4, -0.2) is 76.0 Å². The number of allylic oxidation sites excluding steroid dienone is 2. The van der Waals surface area contributed by atoms with E-state index in [4.69, 9.17) is 5.26 Å². The molecule has 127 valence electrons. The van der Waals surface area contributed by atoms with Crippen molar-refractivity contribution in [2.24, 2.45) is 0 Å². The standard InChI is InChI=1S/C16H11N3O5S.Na/c17-6-3-4-10-9-25(23,24)15-12(8-11-5-1-2-7-18-11)14(20)19(15)13(10)16(21)22;/h1-5,7-8,15H,9H2,(H,21,22);/b4-3+,12-8-;/t15-;/m1./s1. The predicted octanol–water partition coefficient (Wildman–Crippen LogP) is 0.0994. The van der Waals surface area contributed by atoms with Gasteiger partial charge in [0.2, 0.25) is 0 Å². The summed E-state index contributed by atoms with van der Waals surface area (Å²) in [6, 6.07) is 6.64. The number of carboxylic acid groups (broad SMARTS) is 1. The van der Waals surface area contributed by atoms with Crippen molar-refractivity contribution in [3.63, 3.8) is 0 Å². The van der Waals surface area contributed by atoms with Crippen molar-refractivity contribution in [3.05, 3.63) is 59.1 Å². The van der Waals surface area contributed by atoms with E-state index in [0.717, 1.165) is 17.1 Å². The number of rotatable bonds is 3. The first kappa shape index (κ1) is 20.1. The van der Waals surface area contributed by atoms with E-state index in [-0.39, 0.29) is 40.7 Å². The zero-order valence-electron chi connectivity index (χ0n) is 13.7. The second kappa shape index (κ2) is 7.55. The summed E-state index contributed by atoms with van der Waals surface area (Å²) in [6.07, 6.45) is 4.92. The van der Waals surface area contributed by atoms with Crippen molar-refractivity contribution in [2.45, 2.75) is 5.37 Å². The number of β-lactam (4-membered cyclic amide) rings is 1. The minimum atomic E-state index is -3.84. The number of carbonyl (C=O) groups is 2. The van der Waals surface area contributed by atoms with Crippen LogP contribution in [-0.2, 0) is 19.4 Å². The van der Waals surface area contributed by atoms with E-state index in [9.17, 15) is 23.1 Å². The second-order valence-corrected chi connectivity index (χ2v) is 7.39. The fraction of sp³-hybridized carbons (Fsp3) is 0.125. The van der Waals surface area contributed by atoms with E-state index in [1.165, 1.54) is 12.3 Å². The molecule has 26 heavy (non-hydrogen) atoms. The summed E-state index contributed by atoms with van der Waals surface area (Å²) in [5.74, 6) is -2.71. The zero-order valence-corrected chi connectivity index (χ0v) is 16.5. The third-order valence-corrected chi connectivity index (χ3v) is 5.62. The van der Waals surface area contributed by atoms with Crippen LogP contribution in [0.5, 0.6) is 0 Å². The molecule has 1 fully saturated rings. The number of fused-ring (bicyclic) bond motifs is 1. The monoisotopic (exact) mass is 380 g/mol. The molecule has 1 N–H and O–H groups in total. The summed E-state index contributed by atoms with van der Waals surface area (Å²) >= 11 is 0. The maximum Gasteiger partial charge on any atom is 0.352 e. The molecule has 8 nitrogen and oxygen atoms in total. The fourth-order valence-corrected chi connectivity index (χ4v) is 4.68. The molecule has 0 unspecified atom stereocenters. The zero-order chi connectivity index (χ0) is 18.2. The average molecular weight is 380 g/mol. The fourth-order valence-electron chi connectivity index (χ4n) is 2.77. The number of pyridine rings is 1. The van der Waals surface area contributed by atoms with Gasteiger partial charge in [0, 0.05) is 41.8 Å². The Labute approximate surface area is 171 Å². The summed E-state index contributed by atoms with van der Waals surface area (Å²) < 4.78 is 25.1. The van der Waals surface area contributed by atoms with Crippen LogP contribution in [0.3, 0.4) is 0 Å². The van der Waals surface area contributed by atoms with Crippen LogP contribution in [0.2, 0.25) is 0 Å². The van der Waals surface area contributed by atoms with Crippen LogP contribution in [0.25, 0.3) is 6.08 Å². The summed E-state index contributed by atoms with van der Waals surface area (Å²) in [6.45, 7) is 0. The number of aliphatic carboxylic acids is 1. The molecule has 0 aromatic carbocycles. The Bertz CT molecular complexity index is 1010. The van der Waals surface area contributed by atoms with Crippen molar-refractivity contribution in [3.8, 4) is 6.07 Å². The molecule has 2 aliphatic rings. The van der Waals surface area contributed by atoms with Gasteiger partial charge >= 0.3 is 5.97 Å². The minimum absolute atomic E-state index is 0. The van der Waals surface area contributed by atoms with Gasteiger partial charge in [-0.25, -0.2) is 13.2 Å². The SMILES string of the molecule is N#C/C=C/C1=C(C(=O)O)N2C(=O)/C(=C/c3ccccn3)[C@H]2S(=O)(=O)C1.[Na]. The van der Waals surface area contributed by atoms with E-state index in [1.807, 2.05) is 0 Å². The molecule has 1 radical (unpaired) electrons. The number of sulfone groups is 1. The molecule has 1 atom stereocenters. The Balaban J connectivity index is 0.00000243. The first-order valence-corrected chi connectivity index (χ1v) is 8.78. The molecule has 1 aromatic rings. The molecule has 10 heteroatoms. The van der Waals surface area contributed by atoms with Gasteiger partial charge in [-0.15, -0.1) is 0 Å². The van der Waals surface area contributed by atoms with Crippen LogP contribution in [0.1, 0.15) is 5.69 Å². The quantitative estimate of drug-likeness (QED) is 0.341. The topological polar surface area (TPSA) is 128 Å². The van der Waals surface area contributed by atoms with Crippen LogP contribution in [0.4, 0.5) is 0 Å². The van der Waals surface area contributed by atoms with Crippen molar-refractivity contribution in [1.29, 1.82) is 5.26 Å². The number of hydrogen-bond donors (Lipinski definition) is 1. The van der Waals surface area contributed by atoms with Gasteiger partial charge in [0.05, 0.1) is 23.1 Å². The molecule has 2 aliphatic heterocycles. The molecule has 0 aliphatic carbocycles. The van der Waals surface area contributed by atoms with Crippen molar-refractivity contribution < 1.29 is 23.1 Å². The maximum absolute atomic E-state index is 12.5. The number of nitriles is 1. The Morgan fingerprint density at radius 2 is 2.15 bits per heavy atom. The summed E-state index contributed by atoms with van der Waals surface area (Å²) in [5, 5.41) is 16.6. The van der Waals surface area contributed by atoms with Crippen LogP contribution in [0, 0.1) is 11.3 Å². The summed E-state index contributed by atoms with van der Waals surface area (Å²) in [4.78, 5) is 28.7. The third kappa shape index (κ3) is 3.37. The molecule has 1 aromatic heterocycles. The van der Waals surface area contributed by atoms with Crippen LogP contribution < -0.4 is 0 Å². The Morgan fingerprint density at radius 3 is 2.73 bits per heavy atom. The van der Waals surface area contributed by atoms with Gasteiger partial charge in [-0.05, 0) is 29.9 Å². The molecule has 3 rings (SSSR count). The van der Waals surface area contributed by atoms with Crippen molar-refractivity contribution in [2.75, 3.05) is 5.75 Å². The molecule has 0 spiro atoms. The first-order chi connectivity index (χ1) is 11.9. The molecule has 0 saturated carbocycles. The number of amides is 1. The Kier molecular flexibility index (Phi) is 5.83.